The summed E-state index contributed by atoms with van der Waals surface area (Å²) in [6.45, 7) is 0.625. The van der Waals surface area contributed by atoms with E-state index < -0.39 is 0 Å². The minimum absolute atomic E-state index is 0.0930. The fourth-order valence-electron chi connectivity index (χ4n) is 2.23. The first kappa shape index (κ1) is 13.7. The average Bonchev–Trinajstić information content (AvgIpc) is 2.94. The number of piperidine rings is 1. The Balaban J connectivity index is 2.19. The van der Waals surface area contributed by atoms with Crippen molar-refractivity contribution in [2.45, 2.75) is 25.3 Å². The van der Waals surface area contributed by atoms with Gasteiger partial charge >= 0.3 is 0 Å². The van der Waals surface area contributed by atoms with Crippen LogP contribution in [0.3, 0.4) is 0 Å². The van der Waals surface area contributed by atoms with Crippen molar-refractivity contribution in [1.29, 1.82) is 0 Å². The highest BCUT2D eigenvalue weighted by Gasteiger charge is 2.31. The van der Waals surface area contributed by atoms with Gasteiger partial charge in [0.15, 0.2) is 5.84 Å². The number of nitrogens with zero attached hydrogens (tertiary/aromatic N) is 2. The molecule has 0 aliphatic carbocycles. The number of rotatable bonds is 3. The third-order valence-corrected chi connectivity index (χ3v) is 4.14. The standard InChI is InChI=1S/C12H17N3O3S/c1-18-8-6-10(19-7-8)12(16)15-5-3-2-4-9(15)11(13)14-17/h6-7,9,17H,2-5H2,1H3,(H2,13,14). The fraction of sp³-hybridized carbons (Fsp3) is 0.500. The predicted octanol–water partition coefficient (Wildman–Crippen LogP) is 1.50. The van der Waals surface area contributed by atoms with Crippen LogP contribution in [0.1, 0.15) is 28.9 Å². The largest absolute Gasteiger partial charge is 0.496 e. The molecule has 2 heterocycles. The van der Waals surface area contributed by atoms with Crippen molar-refractivity contribution in [2.24, 2.45) is 10.9 Å². The van der Waals surface area contributed by atoms with E-state index in [1.54, 1.807) is 23.5 Å². The number of nitrogens with two attached hydrogens (primary N) is 1. The Kier molecular flexibility index (Phi) is 4.26. The molecule has 1 aromatic heterocycles. The van der Waals surface area contributed by atoms with Gasteiger partial charge in [0.25, 0.3) is 5.91 Å². The smallest absolute Gasteiger partial charge is 0.264 e. The van der Waals surface area contributed by atoms with Crippen molar-refractivity contribution in [3.63, 3.8) is 0 Å². The number of carbonyl (C=O) groups excluding carboxylic acids is 1. The molecule has 0 saturated carbocycles. The van der Waals surface area contributed by atoms with Gasteiger partial charge in [0.2, 0.25) is 0 Å². The second kappa shape index (κ2) is 5.92. The number of hydrogen-bond donors (Lipinski definition) is 2. The quantitative estimate of drug-likeness (QED) is 0.381. The number of amides is 1. The van der Waals surface area contributed by atoms with E-state index in [9.17, 15) is 4.79 Å². The maximum atomic E-state index is 12.4. The number of amidine groups is 1. The van der Waals surface area contributed by atoms with Gasteiger partial charge in [-0.25, -0.2) is 0 Å². The van der Waals surface area contributed by atoms with Crippen molar-refractivity contribution < 1.29 is 14.7 Å². The SMILES string of the molecule is COc1csc(C(=O)N2CCCCC2C(N)=NO)c1. The van der Waals surface area contributed by atoms with Crippen molar-refractivity contribution >= 4 is 23.1 Å². The summed E-state index contributed by atoms with van der Waals surface area (Å²) >= 11 is 1.34. The Bertz CT molecular complexity index is 486. The molecule has 3 N–H and O–H groups in total. The molecule has 7 heteroatoms. The maximum absolute atomic E-state index is 12.4. The first-order valence-electron chi connectivity index (χ1n) is 6.08. The van der Waals surface area contributed by atoms with Gasteiger partial charge in [-0.05, 0) is 19.3 Å². The van der Waals surface area contributed by atoms with E-state index in [1.165, 1.54) is 11.3 Å². The number of methoxy groups -OCH3 is 1. The Labute approximate surface area is 115 Å². The molecule has 1 aliphatic rings. The summed E-state index contributed by atoms with van der Waals surface area (Å²) in [6, 6.07) is 1.39. The lowest BCUT2D eigenvalue weighted by molar-refractivity contribution is 0.0681. The summed E-state index contributed by atoms with van der Waals surface area (Å²) < 4.78 is 5.08. The second-order valence-electron chi connectivity index (χ2n) is 4.39. The molecule has 1 unspecified atom stereocenters. The van der Waals surface area contributed by atoms with Crippen LogP contribution >= 0.6 is 11.3 Å². The third-order valence-electron chi connectivity index (χ3n) is 3.24. The Morgan fingerprint density at radius 2 is 2.42 bits per heavy atom. The summed E-state index contributed by atoms with van der Waals surface area (Å²) in [6.07, 6.45) is 2.63. The van der Waals surface area contributed by atoms with Gasteiger partial charge in [-0.15, -0.1) is 11.3 Å². The number of ether oxygens (including phenoxy) is 1. The molecule has 1 fully saturated rings. The number of carbonyl (C=O) groups is 1. The summed E-state index contributed by atoms with van der Waals surface area (Å²) in [5, 5.41) is 13.6. The molecule has 0 radical (unpaired) electrons. The monoisotopic (exact) mass is 283 g/mol. The molecule has 104 valence electrons. The summed E-state index contributed by atoms with van der Waals surface area (Å²) in [5.74, 6) is 0.673. The summed E-state index contributed by atoms with van der Waals surface area (Å²) in [7, 11) is 1.57. The van der Waals surface area contributed by atoms with Crippen LogP contribution in [0.5, 0.6) is 5.75 Å². The van der Waals surface area contributed by atoms with Crippen molar-refractivity contribution in [1.82, 2.24) is 4.90 Å². The lowest BCUT2D eigenvalue weighted by Crippen LogP contribution is -2.50. The van der Waals surface area contributed by atoms with Crippen LogP contribution in [0.4, 0.5) is 0 Å². The van der Waals surface area contributed by atoms with Gasteiger partial charge < -0.3 is 20.6 Å². The van der Waals surface area contributed by atoms with Gasteiger partial charge in [-0.1, -0.05) is 5.16 Å². The van der Waals surface area contributed by atoms with Crippen LogP contribution < -0.4 is 10.5 Å². The first-order chi connectivity index (χ1) is 9.17. The van der Waals surface area contributed by atoms with E-state index in [0.717, 1.165) is 19.3 Å². The minimum atomic E-state index is -0.320. The first-order valence-corrected chi connectivity index (χ1v) is 6.96. The van der Waals surface area contributed by atoms with E-state index in [-0.39, 0.29) is 17.8 Å². The topological polar surface area (TPSA) is 88.2 Å². The minimum Gasteiger partial charge on any atom is -0.496 e. The molecule has 6 nitrogen and oxygen atoms in total. The Morgan fingerprint density at radius 3 is 3.05 bits per heavy atom. The highest BCUT2D eigenvalue weighted by Crippen LogP contribution is 2.26. The van der Waals surface area contributed by atoms with E-state index in [1.807, 2.05) is 0 Å². The van der Waals surface area contributed by atoms with Crippen LogP contribution in [0.25, 0.3) is 0 Å². The van der Waals surface area contributed by atoms with Crippen LogP contribution in [0.2, 0.25) is 0 Å². The molecule has 2 rings (SSSR count). The Hall–Kier alpha value is -1.76. The fourth-order valence-corrected chi connectivity index (χ4v) is 3.04. The van der Waals surface area contributed by atoms with Crippen molar-refractivity contribution in [3.8, 4) is 5.75 Å². The zero-order valence-corrected chi connectivity index (χ0v) is 11.5. The summed E-state index contributed by atoms with van der Waals surface area (Å²) in [4.78, 5) is 14.7. The lowest BCUT2D eigenvalue weighted by atomic mass is 10.0. The van der Waals surface area contributed by atoms with Crippen LogP contribution in [-0.2, 0) is 0 Å². The molecular formula is C12H17N3O3S. The van der Waals surface area contributed by atoms with E-state index in [0.29, 0.717) is 17.2 Å². The number of oxime groups is 1. The number of likely N-dealkylation sites (tertiary alicyclic amines) is 1. The molecule has 0 aromatic carbocycles. The molecule has 19 heavy (non-hydrogen) atoms. The van der Waals surface area contributed by atoms with Crippen molar-refractivity contribution in [3.05, 3.63) is 16.3 Å². The highest BCUT2D eigenvalue weighted by molar-refractivity contribution is 7.12. The van der Waals surface area contributed by atoms with Gasteiger partial charge in [-0.2, -0.15) is 0 Å². The molecule has 1 aliphatic heterocycles. The van der Waals surface area contributed by atoms with Gasteiger partial charge in [0.05, 0.1) is 18.0 Å². The molecule has 1 aromatic rings. The van der Waals surface area contributed by atoms with E-state index >= 15 is 0 Å². The lowest BCUT2D eigenvalue weighted by Gasteiger charge is -2.34. The molecule has 1 atom stereocenters. The zero-order valence-electron chi connectivity index (χ0n) is 10.7. The number of hydrogen-bond acceptors (Lipinski definition) is 5. The molecular weight excluding hydrogens is 266 g/mol. The summed E-state index contributed by atoms with van der Waals surface area (Å²) in [5.41, 5.74) is 5.67. The number of thiophene rings is 1. The third kappa shape index (κ3) is 2.81. The van der Waals surface area contributed by atoms with Crippen LogP contribution in [0.15, 0.2) is 16.6 Å². The molecule has 0 bridgehead atoms. The Morgan fingerprint density at radius 1 is 1.63 bits per heavy atom. The second-order valence-corrected chi connectivity index (χ2v) is 5.30. The highest BCUT2D eigenvalue weighted by atomic mass is 32.1. The van der Waals surface area contributed by atoms with Gasteiger partial charge in [0.1, 0.15) is 5.75 Å². The maximum Gasteiger partial charge on any atom is 0.264 e. The normalized spacial score (nSPS) is 20.4. The van der Waals surface area contributed by atoms with Crippen LogP contribution in [0, 0.1) is 0 Å². The predicted molar refractivity (Wildman–Crippen MR) is 73.0 cm³/mol. The average molecular weight is 283 g/mol. The molecule has 0 spiro atoms. The van der Waals surface area contributed by atoms with Gasteiger partial charge in [0, 0.05) is 18.0 Å². The van der Waals surface area contributed by atoms with E-state index in [2.05, 4.69) is 5.16 Å². The van der Waals surface area contributed by atoms with Crippen LogP contribution in [-0.4, -0.2) is 41.5 Å². The van der Waals surface area contributed by atoms with Gasteiger partial charge in [-0.3, -0.25) is 4.79 Å². The van der Waals surface area contributed by atoms with Crippen molar-refractivity contribution in [2.75, 3.05) is 13.7 Å². The van der Waals surface area contributed by atoms with E-state index in [4.69, 9.17) is 15.7 Å². The molecule has 1 saturated heterocycles. The zero-order chi connectivity index (χ0) is 13.8. The molecule has 1 amide bonds.